The van der Waals surface area contributed by atoms with E-state index in [1.165, 1.54) is 58.2 Å². The summed E-state index contributed by atoms with van der Waals surface area (Å²) in [6, 6.07) is 0.749. The molecule has 1 saturated heterocycles. The Morgan fingerprint density at radius 1 is 1.11 bits per heavy atom. The van der Waals surface area contributed by atoms with Gasteiger partial charge in [0.15, 0.2) is 0 Å². The molecule has 18 heavy (non-hydrogen) atoms. The molecule has 0 spiro atoms. The maximum Gasteiger partial charge on any atom is 0.0460 e. The third-order valence-corrected chi connectivity index (χ3v) is 4.83. The summed E-state index contributed by atoms with van der Waals surface area (Å²) in [5.74, 6) is 1.42. The van der Waals surface area contributed by atoms with Gasteiger partial charge in [-0.3, -0.25) is 0 Å². The molecule has 1 heterocycles. The van der Waals surface area contributed by atoms with Gasteiger partial charge < -0.3 is 15.3 Å². The van der Waals surface area contributed by atoms with Crippen molar-refractivity contribution in [3.05, 3.63) is 0 Å². The lowest BCUT2D eigenvalue weighted by Gasteiger charge is -2.38. The first-order valence-electron chi connectivity index (χ1n) is 7.90. The first-order chi connectivity index (χ1) is 8.83. The first-order valence-corrected chi connectivity index (χ1v) is 7.90. The van der Waals surface area contributed by atoms with Crippen LogP contribution in [0.5, 0.6) is 0 Å². The molecule has 1 aliphatic carbocycles. The van der Waals surface area contributed by atoms with Crippen LogP contribution in [0.15, 0.2) is 0 Å². The van der Waals surface area contributed by atoms with Gasteiger partial charge >= 0.3 is 0 Å². The van der Waals surface area contributed by atoms with Crippen molar-refractivity contribution in [2.45, 2.75) is 51.5 Å². The number of nitrogens with one attached hydrogen (secondary N) is 1. The molecule has 2 N–H and O–H groups in total. The molecule has 2 atom stereocenters. The highest BCUT2D eigenvalue weighted by atomic mass is 16.3. The van der Waals surface area contributed by atoms with E-state index in [2.05, 4.69) is 17.1 Å². The third kappa shape index (κ3) is 3.94. The van der Waals surface area contributed by atoms with E-state index < -0.39 is 0 Å². The Balaban J connectivity index is 1.77. The van der Waals surface area contributed by atoms with E-state index in [-0.39, 0.29) is 0 Å². The van der Waals surface area contributed by atoms with E-state index in [0.29, 0.717) is 12.5 Å². The van der Waals surface area contributed by atoms with Gasteiger partial charge in [0.05, 0.1) is 0 Å². The number of likely N-dealkylation sites (tertiary alicyclic amines) is 1. The molecule has 2 unspecified atom stereocenters. The van der Waals surface area contributed by atoms with Crippen molar-refractivity contribution in [3.8, 4) is 0 Å². The second-order valence-corrected chi connectivity index (χ2v) is 6.14. The molecule has 3 nitrogen and oxygen atoms in total. The van der Waals surface area contributed by atoms with Crippen molar-refractivity contribution >= 4 is 0 Å². The second kappa shape index (κ2) is 7.46. The number of piperidine rings is 1. The zero-order chi connectivity index (χ0) is 12.8. The van der Waals surface area contributed by atoms with E-state index >= 15 is 0 Å². The average molecular weight is 254 g/mol. The predicted octanol–water partition coefficient (Wildman–Crippen LogP) is 1.86. The zero-order valence-electron chi connectivity index (χ0n) is 11.9. The average Bonchev–Trinajstić information content (AvgIpc) is 2.42. The van der Waals surface area contributed by atoms with Crippen LogP contribution in [0.25, 0.3) is 0 Å². The van der Waals surface area contributed by atoms with Gasteiger partial charge in [-0.1, -0.05) is 19.8 Å². The fourth-order valence-corrected chi connectivity index (χ4v) is 3.64. The van der Waals surface area contributed by atoms with Gasteiger partial charge in [0, 0.05) is 19.2 Å². The fourth-order valence-electron chi connectivity index (χ4n) is 3.64. The Morgan fingerprint density at radius 2 is 1.83 bits per heavy atom. The van der Waals surface area contributed by atoms with E-state index in [0.717, 1.165) is 18.5 Å². The Morgan fingerprint density at radius 3 is 2.50 bits per heavy atom. The molecule has 0 radical (unpaired) electrons. The molecule has 0 aromatic heterocycles. The van der Waals surface area contributed by atoms with Gasteiger partial charge in [-0.25, -0.2) is 0 Å². The van der Waals surface area contributed by atoms with Crippen LogP contribution in [0.2, 0.25) is 0 Å². The number of aliphatic hydroxyl groups is 1. The lowest BCUT2D eigenvalue weighted by molar-refractivity contribution is 0.103. The second-order valence-electron chi connectivity index (χ2n) is 6.14. The highest BCUT2D eigenvalue weighted by Crippen LogP contribution is 2.27. The largest absolute Gasteiger partial charge is 0.396 e. The molecule has 2 aliphatic rings. The van der Waals surface area contributed by atoms with Crippen LogP contribution in [0.3, 0.4) is 0 Å². The van der Waals surface area contributed by atoms with E-state index in [9.17, 15) is 5.11 Å². The highest BCUT2D eigenvalue weighted by molar-refractivity contribution is 4.84. The SMILES string of the molecule is CCNC1CCCCC1CN1CCC(CO)CC1. The molecule has 0 bridgehead atoms. The van der Waals surface area contributed by atoms with Crippen molar-refractivity contribution in [1.82, 2.24) is 10.2 Å². The molecule has 106 valence electrons. The summed E-state index contributed by atoms with van der Waals surface area (Å²) in [5.41, 5.74) is 0. The Kier molecular flexibility index (Phi) is 5.93. The molecule has 0 aromatic carbocycles. The number of nitrogens with zero attached hydrogens (tertiary/aromatic N) is 1. The van der Waals surface area contributed by atoms with Crippen molar-refractivity contribution in [2.75, 3.05) is 32.8 Å². The molecule has 3 heteroatoms. The summed E-state index contributed by atoms with van der Waals surface area (Å²) >= 11 is 0. The molecule has 0 aromatic rings. The smallest absolute Gasteiger partial charge is 0.0460 e. The summed E-state index contributed by atoms with van der Waals surface area (Å²) in [7, 11) is 0. The van der Waals surface area contributed by atoms with Crippen LogP contribution in [0.4, 0.5) is 0 Å². The third-order valence-electron chi connectivity index (χ3n) is 4.83. The highest BCUT2D eigenvalue weighted by Gasteiger charge is 2.27. The molecule has 2 fully saturated rings. The summed E-state index contributed by atoms with van der Waals surface area (Å²) in [5, 5.41) is 12.9. The number of rotatable bonds is 5. The lowest BCUT2D eigenvalue weighted by atomic mass is 9.83. The van der Waals surface area contributed by atoms with Crippen molar-refractivity contribution in [1.29, 1.82) is 0 Å². The maximum atomic E-state index is 9.18. The predicted molar refractivity (Wildman–Crippen MR) is 75.7 cm³/mol. The van der Waals surface area contributed by atoms with Gasteiger partial charge in [0.2, 0.25) is 0 Å². The summed E-state index contributed by atoms with van der Waals surface area (Å²) in [6.07, 6.45) is 7.97. The van der Waals surface area contributed by atoms with Crippen LogP contribution in [0.1, 0.15) is 45.4 Å². The number of aliphatic hydroxyl groups excluding tert-OH is 1. The van der Waals surface area contributed by atoms with E-state index in [4.69, 9.17) is 0 Å². The van der Waals surface area contributed by atoms with Gasteiger partial charge in [0.1, 0.15) is 0 Å². The van der Waals surface area contributed by atoms with E-state index in [1.807, 2.05) is 0 Å². The fraction of sp³-hybridized carbons (Fsp3) is 1.00. The van der Waals surface area contributed by atoms with Crippen LogP contribution in [-0.2, 0) is 0 Å². The molecule has 1 aliphatic heterocycles. The molecular formula is C15H30N2O. The quantitative estimate of drug-likeness (QED) is 0.786. The Bertz CT molecular complexity index is 225. The maximum absolute atomic E-state index is 9.18. The number of hydrogen-bond donors (Lipinski definition) is 2. The summed E-state index contributed by atoms with van der Waals surface area (Å²) < 4.78 is 0. The van der Waals surface area contributed by atoms with Crippen molar-refractivity contribution in [2.24, 2.45) is 11.8 Å². The minimum atomic E-state index is 0.386. The van der Waals surface area contributed by atoms with Crippen LogP contribution in [-0.4, -0.2) is 48.8 Å². The molecule has 2 rings (SSSR count). The summed E-state index contributed by atoms with van der Waals surface area (Å²) in [4.78, 5) is 2.63. The Hall–Kier alpha value is -0.120. The molecular weight excluding hydrogens is 224 g/mol. The van der Waals surface area contributed by atoms with Crippen LogP contribution in [0, 0.1) is 11.8 Å². The van der Waals surface area contributed by atoms with Crippen molar-refractivity contribution < 1.29 is 5.11 Å². The standard InChI is InChI=1S/C15H30N2O/c1-2-16-15-6-4-3-5-14(15)11-17-9-7-13(12-18)8-10-17/h13-16,18H,2-12H2,1H3. The van der Waals surface area contributed by atoms with Crippen molar-refractivity contribution in [3.63, 3.8) is 0 Å². The number of hydrogen-bond acceptors (Lipinski definition) is 3. The first kappa shape index (κ1) is 14.3. The Labute approximate surface area is 112 Å². The van der Waals surface area contributed by atoms with Gasteiger partial charge in [-0.05, 0) is 57.2 Å². The normalized spacial score (nSPS) is 31.7. The minimum absolute atomic E-state index is 0.386. The van der Waals surface area contributed by atoms with E-state index in [1.54, 1.807) is 0 Å². The molecule has 1 saturated carbocycles. The van der Waals surface area contributed by atoms with Gasteiger partial charge in [-0.2, -0.15) is 0 Å². The topological polar surface area (TPSA) is 35.5 Å². The summed E-state index contributed by atoms with van der Waals surface area (Å²) in [6.45, 7) is 7.38. The van der Waals surface area contributed by atoms with Gasteiger partial charge in [0.25, 0.3) is 0 Å². The zero-order valence-corrected chi connectivity index (χ0v) is 11.9. The van der Waals surface area contributed by atoms with Crippen LogP contribution < -0.4 is 5.32 Å². The lowest BCUT2D eigenvalue weighted by Crippen LogP contribution is -2.46. The molecule has 0 amide bonds. The van der Waals surface area contributed by atoms with Crippen LogP contribution >= 0.6 is 0 Å². The monoisotopic (exact) mass is 254 g/mol. The minimum Gasteiger partial charge on any atom is -0.396 e. The van der Waals surface area contributed by atoms with Gasteiger partial charge in [-0.15, -0.1) is 0 Å².